The quantitative estimate of drug-likeness (QED) is 0.701. The summed E-state index contributed by atoms with van der Waals surface area (Å²) >= 11 is 1.77. The van der Waals surface area contributed by atoms with Crippen molar-refractivity contribution in [3.63, 3.8) is 0 Å². The average Bonchev–Trinajstić information content (AvgIpc) is 2.80. The predicted molar refractivity (Wildman–Crippen MR) is 69.7 cm³/mol. The summed E-state index contributed by atoms with van der Waals surface area (Å²) in [4.78, 5) is 17.7. The maximum atomic E-state index is 12.1. The van der Waals surface area contributed by atoms with Crippen molar-refractivity contribution in [1.82, 2.24) is 9.80 Å². The lowest BCUT2D eigenvalue weighted by Gasteiger charge is -2.45. The monoisotopic (exact) mass is 250 g/mol. The number of rotatable bonds is 0. The molecule has 1 saturated heterocycles. The molecule has 0 atom stereocenters. The SMILES string of the molecule is CN1CCC2(CC1)CN(C)C(=O)c1ccsc12. The molecule has 3 heterocycles. The molecule has 0 bridgehead atoms. The lowest BCUT2D eigenvalue weighted by molar-refractivity contribution is 0.0666. The van der Waals surface area contributed by atoms with Crippen molar-refractivity contribution in [3.8, 4) is 0 Å². The summed E-state index contributed by atoms with van der Waals surface area (Å²) in [5.74, 6) is 0.200. The van der Waals surface area contributed by atoms with Crippen LogP contribution >= 0.6 is 11.3 Å². The molecule has 2 aliphatic rings. The lowest BCUT2D eigenvalue weighted by Crippen LogP contribution is -2.51. The average molecular weight is 250 g/mol. The van der Waals surface area contributed by atoms with Crippen molar-refractivity contribution in [2.75, 3.05) is 33.7 Å². The summed E-state index contributed by atoms with van der Waals surface area (Å²) in [5.41, 5.74) is 1.19. The zero-order chi connectivity index (χ0) is 12.0. The lowest BCUT2D eigenvalue weighted by atomic mass is 9.73. The van der Waals surface area contributed by atoms with E-state index >= 15 is 0 Å². The molecule has 1 aromatic heterocycles. The van der Waals surface area contributed by atoms with Crippen molar-refractivity contribution >= 4 is 17.2 Å². The number of amides is 1. The van der Waals surface area contributed by atoms with Gasteiger partial charge in [0, 0.05) is 23.9 Å². The fraction of sp³-hybridized carbons (Fsp3) is 0.615. The number of likely N-dealkylation sites (tertiary alicyclic amines) is 1. The Morgan fingerprint density at radius 1 is 1.29 bits per heavy atom. The number of nitrogens with zero attached hydrogens (tertiary/aromatic N) is 2. The first-order valence-electron chi connectivity index (χ1n) is 6.14. The van der Waals surface area contributed by atoms with E-state index in [0.29, 0.717) is 0 Å². The highest BCUT2D eigenvalue weighted by Gasteiger charge is 2.44. The minimum atomic E-state index is 0.200. The van der Waals surface area contributed by atoms with Crippen LogP contribution < -0.4 is 0 Å². The van der Waals surface area contributed by atoms with Crippen LogP contribution in [-0.2, 0) is 5.41 Å². The van der Waals surface area contributed by atoms with Crippen LogP contribution in [0.2, 0.25) is 0 Å². The Labute approximate surface area is 106 Å². The molecule has 17 heavy (non-hydrogen) atoms. The summed E-state index contributed by atoms with van der Waals surface area (Å²) in [6, 6.07) is 2.00. The Kier molecular flexibility index (Phi) is 2.52. The highest BCUT2D eigenvalue weighted by Crippen LogP contribution is 2.43. The van der Waals surface area contributed by atoms with Gasteiger partial charge < -0.3 is 9.80 Å². The van der Waals surface area contributed by atoms with Gasteiger partial charge in [0.25, 0.3) is 5.91 Å². The molecular formula is C13H18N2OS. The van der Waals surface area contributed by atoms with E-state index in [2.05, 4.69) is 17.3 Å². The van der Waals surface area contributed by atoms with Gasteiger partial charge in [-0.25, -0.2) is 0 Å². The summed E-state index contributed by atoms with van der Waals surface area (Å²) < 4.78 is 0. The van der Waals surface area contributed by atoms with Crippen molar-refractivity contribution in [3.05, 3.63) is 21.9 Å². The third-order valence-electron chi connectivity index (χ3n) is 4.21. The van der Waals surface area contributed by atoms with E-state index in [9.17, 15) is 4.79 Å². The van der Waals surface area contributed by atoms with E-state index in [-0.39, 0.29) is 11.3 Å². The number of hydrogen-bond acceptors (Lipinski definition) is 3. The number of thiophene rings is 1. The molecule has 3 nitrogen and oxygen atoms in total. The second kappa shape index (κ2) is 3.82. The van der Waals surface area contributed by atoms with Crippen LogP contribution in [0.1, 0.15) is 28.1 Å². The van der Waals surface area contributed by atoms with Gasteiger partial charge in [0.2, 0.25) is 0 Å². The predicted octanol–water partition coefficient (Wildman–Crippen LogP) is 1.80. The molecule has 1 spiro atoms. The van der Waals surface area contributed by atoms with Crippen LogP contribution in [0.5, 0.6) is 0 Å². The van der Waals surface area contributed by atoms with Crippen LogP contribution in [0.4, 0.5) is 0 Å². The van der Waals surface area contributed by atoms with Crippen LogP contribution in [0.25, 0.3) is 0 Å². The Morgan fingerprint density at radius 3 is 2.71 bits per heavy atom. The van der Waals surface area contributed by atoms with E-state index in [0.717, 1.165) is 25.2 Å². The van der Waals surface area contributed by atoms with Crippen LogP contribution in [0.3, 0.4) is 0 Å². The third-order valence-corrected chi connectivity index (χ3v) is 5.37. The summed E-state index contributed by atoms with van der Waals surface area (Å²) in [5, 5.41) is 2.07. The fourth-order valence-corrected chi connectivity index (χ4v) is 4.26. The normalized spacial score (nSPS) is 24.1. The van der Waals surface area contributed by atoms with Gasteiger partial charge in [-0.1, -0.05) is 0 Å². The Hall–Kier alpha value is -0.870. The van der Waals surface area contributed by atoms with E-state index in [1.165, 1.54) is 17.7 Å². The maximum absolute atomic E-state index is 12.1. The molecule has 0 N–H and O–H groups in total. The second-order valence-electron chi connectivity index (χ2n) is 5.41. The largest absolute Gasteiger partial charge is 0.341 e. The summed E-state index contributed by atoms with van der Waals surface area (Å²) in [6.07, 6.45) is 2.35. The first kappa shape index (κ1) is 11.2. The van der Waals surface area contributed by atoms with Gasteiger partial charge in [-0.05, 0) is 44.4 Å². The van der Waals surface area contributed by atoms with Crippen LogP contribution in [-0.4, -0.2) is 49.4 Å². The zero-order valence-electron chi connectivity index (χ0n) is 10.4. The number of piperidine rings is 1. The highest BCUT2D eigenvalue weighted by atomic mass is 32.1. The molecule has 1 aromatic rings. The first-order chi connectivity index (χ1) is 8.12. The van der Waals surface area contributed by atoms with Gasteiger partial charge in [-0.2, -0.15) is 0 Å². The van der Waals surface area contributed by atoms with Crippen molar-refractivity contribution in [1.29, 1.82) is 0 Å². The molecule has 2 aliphatic heterocycles. The molecule has 4 heteroatoms. The molecule has 0 aliphatic carbocycles. The fourth-order valence-electron chi connectivity index (χ4n) is 3.12. The smallest absolute Gasteiger partial charge is 0.254 e. The molecule has 1 fully saturated rings. The number of carbonyl (C=O) groups is 1. The third kappa shape index (κ3) is 1.62. The second-order valence-corrected chi connectivity index (χ2v) is 6.32. The minimum absolute atomic E-state index is 0.200. The van der Waals surface area contributed by atoms with Crippen molar-refractivity contribution in [2.24, 2.45) is 0 Å². The summed E-state index contributed by atoms with van der Waals surface area (Å²) in [6.45, 7) is 3.17. The van der Waals surface area contributed by atoms with Crippen molar-refractivity contribution < 1.29 is 4.79 Å². The molecule has 3 rings (SSSR count). The van der Waals surface area contributed by atoms with Gasteiger partial charge in [0.1, 0.15) is 0 Å². The van der Waals surface area contributed by atoms with E-state index in [1.807, 2.05) is 18.0 Å². The van der Waals surface area contributed by atoms with Crippen LogP contribution in [0, 0.1) is 0 Å². The number of likely N-dealkylation sites (N-methyl/N-ethyl adjacent to an activating group) is 1. The Balaban J connectivity index is 2.02. The number of hydrogen-bond donors (Lipinski definition) is 0. The topological polar surface area (TPSA) is 23.6 Å². The maximum Gasteiger partial charge on any atom is 0.254 e. The molecule has 0 radical (unpaired) electrons. The standard InChI is InChI=1S/C13H18N2OS/c1-14-6-4-13(5-7-14)9-15(2)12(16)10-3-8-17-11(10)13/h3,8H,4-7,9H2,1-2H3. The van der Waals surface area contributed by atoms with Crippen LogP contribution in [0.15, 0.2) is 11.4 Å². The van der Waals surface area contributed by atoms with Gasteiger partial charge in [0.15, 0.2) is 0 Å². The molecule has 92 valence electrons. The van der Waals surface area contributed by atoms with Gasteiger partial charge in [-0.15, -0.1) is 11.3 Å². The Morgan fingerprint density at radius 2 is 2.00 bits per heavy atom. The number of fused-ring (bicyclic) bond motifs is 2. The molecular weight excluding hydrogens is 232 g/mol. The molecule has 0 unspecified atom stereocenters. The molecule has 0 saturated carbocycles. The minimum Gasteiger partial charge on any atom is -0.341 e. The van der Waals surface area contributed by atoms with E-state index < -0.39 is 0 Å². The molecule has 0 aromatic carbocycles. The van der Waals surface area contributed by atoms with Gasteiger partial charge >= 0.3 is 0 Å². The summed E-state index contributed by atoms with van der Waals surface area (Å²) in [7, 11) is 4.11. The van der Waals surface area contributed by atoms with E-state index in [4.69, 9.17) is 0 Å². The van der Waals surface area contributed by atoms with E-state index in [1.54, 1.807) is 11.3 Å². The number of carbonyl (C=O) groups excluding carboxylic acids is 1. The first-order valence-corrected chi connectivity index (χ1v) is 7.02. The van der Waals surface area contributed by atoms with Crippen molar-refractivity contribution in [2.45, 2.75) is 18.3 Å². The van der Waals surface area contributed by atoms with Gasteiger partial charge in [-0.3, -0.25) is 4.79 Å². The Bertz CT molecular complexity index is 446. The highest BCUT2D eigenvalue weighted by molar-refractivity contribution is 7.10. The van der Waals surface area contributed by atoms with Gasteiger partial charge in [0.05, 0.1) is 5.56 Å². The molecule has 1 amide bonds. The zero-order valence-corrected chi connectivity index (χ0v) is 11.2.